The third-order valence-electron chi connectivity index (χ3n) is 6.03. The van der Waals surface area contributed by atoms with Gasteiger partial charge in [-0.25, -0.2) is 0 Å². The maximum absolute atomic E-state index is 5.62. The number of rotatable bonds is 4. The zero-order valence-corrected chi connectivity index (χ0v) is 16.7. The summed E-state index contributed by atoms with van der Waals surface area (Å²) in [6.07, 6.45) is 10.8. The molecule has 0 bridgehead atoms. The van der Waals surface area contributed by atoms with Crippen molar-refractivity contribution in [3.05, 3.63) is 29.3 Å². The number of piperidine rings is 1. The SMILES string of the molecule is Cc1ccc(C)c(NC(=S)NCC2(N3CCCCC3)CCCCC2)c1. The predicted molar refractivity (Wildman–Crippen MR) is 111 cm³/mol. The molecular weight excluding hydrogens is 326 g/mol. The van der Waals surface area contributed by atoms with Crippen molar-refractivity contribution in [3.63, 3.8) is 0 Å². The lowest BCUT2D eigenvalue weighted by atomic mass is 9.79. The first-order valence-electron chi connectivity index (χ1n) is 9.96. The van der Waals surface area contributed by atoms with E-state index in [4.69, 9.17) is 12.2 Å². The van der Waals surface area contributed by atoms with Crippen LogP contribution in [-0.2, 0) is 0 Å². The van der Waals surface area contributed by atoms with Crippen LogP contribution in [0.15, 0.2) is 18.2 Å². The molecule has 1 aliphatic heterocycles. The summed E-state index contributed by atoms with van der Waals surface area (Å²) in [5, 5.41) is 7.74. The lowest BCUT2D eigenvalue weighted by Crippen LogP contribution is -2.58. The summed E-state index contributed by atoms with van der Waals surface area (Å²) in [7, 11) is 0. The Hall–Kier alpha value is -1.13. The minimum Gasteiger partial charge on any atom is -0.361 e. The molecule has 2 aliphatic rings. The van der Waals surface area contributed by atoms with E-state index >= 15 is 0 Å². The molecule has 3 nitrogen and oxygen atoms in total. The Morgan fingerprint density at radius 2 is 1.72 bits per heavy atom. The largest absolute Gasteiger partial charge is 0.361 e. The number of hydrogen-bond donors (Lipinski definition) is 2. The molecule has 25 heavy (non-hydrogen) atoms. The van der Waals surface area contributed by atoms with E-state index in [2.05, 4.69) is 47.6 Å². The van der Waals surface area contributed by atoms with Crippen LogP contribution in [0.5, 0.6) is 0 Å². The Morgan fingerprint density at radius 3 is 2.44 bits per heavy atom. The maximum Gasteiger partial charge on any atom is 0.170 e. The van der Waals surface area contributed by atoms with Crippen LogP contribution < -0.4 is 10.6 Å². The summed E-state index contributed by atoms with van der Waals surface area (Å²) >= 11 is 5.62. The Labute approximate surface area is 158 Å². The van der Waals surface area contributed by atoms with Crippen molar-refractivity contribution >= 4 is 23.0 Å². The number of likely N-dealkylation sites (tertiary alicyclic amines) is 1. The Kier molecular flexibility index (Phi) is 6.34. The highest BCUT2D eigenvalue weighted by Gasteiger charge is 2.38. The molecule has 0 aromatic heterocycles. The summed E-state index contributed by atoms with van der Waals surface area (Å²) in [5.41, 5.74) is 3.92. The quantitative estimate of drug-likeness (QED) is 0.757. The molecule has 0 atom stereocenters. The van der Waals surface area contributed by atoms with Crippen molar-refractivity contribution in [2.24, 2.45) is 0 Å². The zero-order valence-electron chi connectivity index (χ0n) is 15.9. The second-order valence-electron chi connectivity index (χ2n) is 7.96. The van der Waals surface area contributed by atoms with Crippen LogP contribution in [0.25, 0.3) is 0 Å². The molecule has 4 heteroatoms. The summed E-state index contributed by atoms with van der Waals surface area (Å²) in [6, 6.07) is 6.46. The van der Waals surface area contributed by atoms with Gasteiger partial charge in [0.15, 0.2) is 5.11 Å². The minimum atomic E-state index is 0.312. The minimum absolute atomic E-state index is 0.312. The van der Waals surface area contributed by atoms with Gasteiger partial charge in [0.25, 0.3) is 0 Å². The number of nitrogens with zero attached hydrogens (tertiary/aromatic N) is 1. The Balaban J connectivity index is 1.62. The predicted octanol–water partition coefficient (Wildman–Crippen LogP) is 4.78. The second-order valence-corrected chi connectivity index (χ2v) is 8.37. The third-order valence-corrected chi connectivity index (χ3v) is 6.28. The van der Waals surface area contributed by atoms with E-state index < -0.39 is 0 Å². The first-order valence-corrected chi connectivity index (χ1v) is 10.4. The first kappa shape index (κ1) is 18.7. The molecule has 0 amide bonds. The van der Waals surface area contributed by atoms with Gasteiger partial charge in [-0.2, -0.15) is 0 Å². The molecule has 3 rings (SSSR count). The van der Waals surface area contributed by atoms with Gasteiger partial charge in [0, 0.05) is 17.8 Å². The van der Waals surface area contributed by atoms with Crippen LogP contribution in [-0.4, -0.2) is 35.2 Å². The van der Waals surface area contributed by atoms with Gasteiger partial charge in [0.2, 0.25) is 0 Å². The molecule has 1 saturated heterocycles. The standard InChI is InChI=1S/C21H33N3S/c1-17-9-10-18(2)19(15-17)23-20(25)22-16-21(11-5-3-6-12-21)24-13-7-4-8-14-24/h9-10,15H,3-8,11-14,16H2,1-2H3,(H2,22,23,25). The molecular formula is C21H33N3S. The molecule has 138 valence electrons. The van der Waals surface area contributed by atoms with Crippen molar-refractivity contribution in [1.82, 2.24) is 10.2 Å². The van der Waals surface area contributed by atoms with E-state index in [0.29, 0.717) is 5.54 Å². The topological polar surface area (TPSA) is 27.3 Å². The molecule has 1 saturated carbocycles. The highest BCUT2D eigenvalue weighted by Crippen LogP contribution is 2.35. The van der Waals surface area contributed by atoms with Crippen molar-refractivity contribution < 1.29 is 0 Å². The van der Waals surface area contributed by atoms with Crippen molar-refractivity contribution in [1.29, 1.82) is 0 Å². The number of anilines is 1. The highest BCUT2D eigenvalue weighted by molar-refractivity contribution is 7.80. The van der Waals surface area contributed by atoms with Gasteiger partial charge in [-0.3, -0.25) is 4.90 Å². The average Bonchev–Trinajstić information content (AvgIpc) is 2.65. The third kappa shape index (κ3) is 4.73. The molecule has 0 spiro atoms. The molecule has 0 unspecified atom stereocenters. The smallest absolute Gasteiger partial charge is 0.170 e. The molecule has 0 radical (unpaired) electrons. The van der Waals surface area contributed by atoms with Crippen LogP contribution in [0.3, 0.4) is 0 Å². The van der Waals surface area contributed by atoms with Gasteiger partial charge < -0.3 is 10.6 Å². The number of thiocarbonyl (C=S) groups is 1. The normalized spacial score (nSPS) is 20.9. The maximum atomic E-state index is 5.62. The summed E-state index contributed by atoms with van der Waals surface area (Å²) in [4.78, 5) is 2.77. The highest BCUT2D eigenvalue weighted by atomic mass is 32.1. The monoisotopic (exact) mass is 359 g/mol. The molecule has 1 aromatic carbocycles. The lowest BCUT2D eigenvalue weighted by Gasteiger charge is -2.48. The lowest BCUT2D eigenvalue weighted by molar-refractivity contribution is 0.0371. The van der Waals surface area contributed by atoms with Crippen LogP contribution in [0.1, 0.15) is 62.5 Å². The molecule has 2 N–H and O–H groups in total. The van der Waals surface area contributed by atoms with E-state index in [0.717, 1.165) is 17.3 Å². The molecule has 1 aliphatic carbocycles. The van der Waals surface area contributed by atoms with Crippen LogP contribution in [0.4, 0.5) is 5.69 Å². The molecule has 1 aromatic rings. The van der Waals surface area contributed by atoms with E-state index in [1.807, 2.05) is 0 Å². The summed E-state index contributed by atoms with van der Waals surface area (Å²) in [6.45, 7) is 7.75. The molecule has 2 fully saturated rings. The number of nitrogens with one attached hydrogen (secondary N) is 2. The van der Waals surface area contributed by atoms with Gasteiger partial charge in [-0.1, -0.05) is 37.8 Å². The van der Waals surface area contributed by atoms with Crippen molar-refractivity contribution in [3.8, 4) is 0 Å². The van der Waals surface area contributed by atoms with Gasteiger partial charge in [-0.05, 0) is 82.0 Å². The second kappa shape index (κ2) is 8.50. The van der Waals surface area contributed by atoms with Crippen LogP contribution in [0.2, 0.25) is 0 Å². The van der Waals surface area contributed by atoms with E-state index in [9.17, 15) is 0 Å². The van der Waals surface area contributed by atoms with E-state index in [1.165, 1.54) is 75.6 Å². The fourth-order valence-electron chi connectivity index (χ4n) is 4.46. The summed E-state index contributed by atoms with van der Waals surface area (Å²) < 4.78 is 0. The number of benzene rings is 1. The fourth-order valence-corrected chi connectivity index (χ4v) is 4.65. The number of hydrogen-bond acceptors (Lipinski definition) is 2. The van der Waals surface area contributed by atoms with Crippen LogP contribution >= 0.6 is 12.2 Å². The zero-order chi connectivity index (χ0) is 17.7. The Morgan fingerprint density at radius 1 is 1.04 bits per heavy atom. The Bertz CT molecular complexity index is 587. The number of aryl methyl sites for hydroxylation is 2. The molecule has 1 heterocycles. The summed E-state index contributed by atoms with van der Waals surface area (Å²) in [5.74, 6) is 0. The van der Waals surface area contributed by atoms with Gasteiger partial charge in [0.05, 0.1) is 0 Å². The van der Waals surface area contributed by atoms with Gasteiger partial charge in [0.1, 0.15) is 0 Å². The fraction of sp³-hybridized carbons (Fsp3) is 0.667. The first-order chi connectivity index (χ1) is 12.1. The van der Waals surface area contributed by atoms with E-state index in [1.54, 1.807) is 0 Å². The van der Waals surface area contributed by atoms with Gasteiger partial charge >= 0.3 is 0 Å². The van der Waals surface area contributed by atoms with Crippen molar-refractivity contribution in [2.45, 2.75) is 70.8 Å². The van der Waals surface area contributed by atoms with Gasteiger partial charge in [-0.15, -0.1) is 0 Å². The van der Waals surface area contributed by atoms with Crippen molar-refractivity contribution in [2.75, 3.05) is 25.0 Å². The average molecular weight is 360 g/mol. The van der Waals surface area contributed by atoms with Crippen LogP contribution in [0, 0.1) is 13.8 Å². The van der Waals surface area contributed by atoms with E-state index in [-0.39, 0.29) is 0 Å².